The molecule has 162 valence electrons. The molecule has 7 heteroatoms. The number of imide groups is 1. The van der Waals surface area contributed by atoms with E-state index in [1.807, 2.05) is 6.07 Å². The van der Waals surface area contributed by atoms with Crippen LogP contribution in [0.3, 0.4) is 0 Å². The Morgan fingerprint density at radius 2 is 1.84 bits per heavy atom. The van der Waals surface area contributed by atoms with Crippen molar-refractivity contribution in [3.63, 3.8) is 0 Å². The Hall–Kier alpha value is -3.48. The van der Waals surface area contributed by atoms with Crippen molar-refractivity contribution in [1.82, 2.24) is 5.01 Å². The summed E-state index contributed by atoms with van der Waals surface area (Å²) in [7, 11) is 0. The molecule has 1 aromatic carbocycles. The smallest absolute Gasteiger partial charge is 0.338 e. The molecule has 6 atom stereocenters. The summed E-state index contributed by atoms with van der Waals surface area (Å²) in [5.74, 6) is 1.11. The molecule has 1 saturated heterocycles. The molecule has 2 heterocycles. The molecule has 0 unspecified atom stereocenters. The van der Waals surface area contributed by atoms with Gasteiger partial charge in [-0.15, -0.1) is 0 Å². The van der Waals surface area contributed by atoms with E-state index in [9.17, 15) is 14.4 Å². The number of benzene rings is 1. The monoisotopic (exact) mass is 430 g/mol. The lowest BCUT2D eigenvalue weighted by atomic mass is 9.63. The van der Waals surface area contributed by atoms with Gasteiger partial charge < -0.3 is 9.15 Å². The normalized spacial score (nSPS) is 31.8. The Morgan fingerprint density at radius 1 is 1.12 bits per heavy atom. The van der Waals surface area contributed by atoms with E-state index in [0.29, 0.717) is 35.5 Å². The van der Waals surface area contributed by atoms with Crippen LogP contribution in [0.5, 0.6) is 0 Å². The number of nitrogens with zero attached hydrogens (tertiary/aromatic N) is 2. The van der Waals surface area contributed by atoms with Gasteiger partial charge in [-0.1, -0.05) is 24.3 Å². The van der Waals surface area contributed by atoms with Crippen LogP contribution in [0.4, 0.5) is 0 Å². The summed E-state index contributed by atoms with van der Waals surface area (Å²) in [5, 5.41) is 5.25. The first-order valence-electron chi connectivity index (χ1n) is 11.0. The second-order valence-corrected chi connectivity index (χ2v) is 8.89. The molecule has 5 aliphatic rings. The van der Waals surface area contributed by atoms with Crippen LogP contribution in [0.15, 0.2) is 58.1 Å². The molecular weight excluding hydrogens is 408 g/mol. The maximum absolute atomic E-state index is 13.0. The van der Waals surface area contributed by atoms with Gasteiger partial charge in [-0.3, -0.25) is 9.59 Å². The summed E-state index contributed by atoms with van der Waals surface area (Å²) in [5.41, 5.74) is 1.16. The van der Waals surface area contributed by atoms with Gasteiger partial charge in [0.25, 0.3) is 11.8 Å². The molecule has 4 aliphatic carbocycles. The lowest BCUT2D eigenvalue weighted by Gasteiger charge is -2.37. The zero-order valence-corrected chi connectivity index (χ0v) is 17.5. The molecule has 3 fully saturated rings. The Balaban J connectivity index is 1.21. The highest BCUT2D eigenvalue weighted by Gasteiger charge is 2.67. The quantitative estimate of drug-likeness (QED) is 0.313. The second-order valence-electron chi connectivity index (χ2n) is 8.89. The summed E-state index contributed by atoms with van der Waals surface area (Å²) >= 11 is 0. The highest BCUT2D eigenvalue weighted by molar-refractivity contribution is 6.06. The number of allylic oxidation sites excluding steroid dienone is 2. The number of carbonyl (C=O) groups is 3. The number of carbonyl (C=O) groups excluding carboxylic acids is 3. The predicted molar refractivity (Wildman–Crippen MR) is 114 cm³/mol. The Labute approximate surface area is 184 Å². The number of amides is 2. The van der Waals surface area contributed by atoms with Crippen molar-refractivity contribution < 1.29 is 23.5 Å². The fourth-order valence-corrected chi connectivity index (χ4v) is 5.76. The molecule has 2 amide bonds. The SMILES string of the molecule is CCOC(=O)c1cccc(-c2ccc(/C=N\N3C(=O)[C@@H]4[C@H]5C=C[C@@H]([C@@H]6C[C@@H]56)[C@@H]4C3=O)o2)c1. The highest BCUT2D eigenvalue weighted by atomic mass is 16.5. The van der Waals surface area contributed by atoms with Crippen molar-refractivity contribution in [2.75, 3.05) is 6.61 Å². The summed E-state index contributed by atoms with van der Waals surface area (Å²) in [4.78, 5) is 38.0. The van der Waals surface area contributed by atoms with Crippen LogP contribution in [0.2, 0.25) is 0 Å². The number of esters is 1. The van der Waals surface area contributed by atoms with Crippen LogP contribution in [0.25, 0.3) is 11.3 Å². The Morgan fingerprint density at radius 3 is 2.53 bits per heavy atom. The standard InChI is InChI=1S/C25H22N2O5/c1-2-31-25(30)14-5-3-4-13(10-14)20-9-6-15(32-20)12-26-27-23(28)21-16-7-8-17(19-11-18(16)19)22(21)24(27)29/h3-10,12,16-19,21-22H,2,11H2,1H3/b26-12-/t16-,17-,18-,19-,21-,22+/m0/s1. The number of furan rings is 1. The first kappa shape index (κ1) is 19.2. The third kappa shape index (κ3) is 2.80. The van der Waals surface area contributed by atoms with E-state index in [4.69, 9.17) is 9.15 Å². The van der Waals surface area contributed by atoms with Gasteiger partial charge in [0.1, 0.15) is 11.5 Å². The molecule has 1 aromatic heterocycles. The molecule has 2 aromatic rings. The Kier molecular flexibility index (Phi) is 4.22. The van der Waals surface area contributed by atoms with Crippen molar-refractivity contribution >= 4 is 24.0 Å². The molecule has 1 aliphatic heterocycles. The molecule has 7 nitrogen and oxygen atoms in total. The lowest BCUT2D eigenvalue weighted by Crippen LogP contribution is -2.40. The van der Waals surface area contributed by atoms with E-state index in [0.717, 1.165) is 17.0 Å². The van der Waals surface area contributed by atoms with Gasteiger partial charge in [0, 0.05) is 5.56 Å². The first-order valence-corrected chi connectivity index (χ1v) is 11.0. The van der Waals surface area contributed by atoms with Crippen molar-refractivity contribution in [2.24, 2.45) is 40.6 Å². The van der Waals surface area contributed by atoms with Crippen molar-refractivity contribution in [3.05, 3.63) is 59.9 Å². The maximum Gasteiger partial charge on any atom is 0.338 e. The van der Waals surface area contributed by atoms with Gasteiger partial charge in [-0.25, -0.2) is 4.79 Å². The number of rotatable bonds is 5. The van der Waals surface area contributed by atoms with Gasteiger partial charge in [-0.2, -0.15) is 10.1 Å². The summed E-state index contributed by atoms with van der Waals surface area (Å²) in [6, 6.07) is 10.4. The van der Waals surface area contributed by atoms with Crippen molar-refractivity contribution in [3.8, 4) is 11.3 Å². The summed E-state index contributed by atoms with van der Waals surface area (Å²) < 4.78 is 10.9. The fourth-order valence-electron chi connectivity index (χ4n) is 5.76. The van der Waals surface area contributed by atoms with Crippen molar-refractivity contribution in [2.45, 2.75) is 13.3 Å². The van der Waals surface area contributed by atoms with Crippen LogP contribution in [0.1, 0.15) is 29.5 Å². The minimum atomic E-state index is -0.392. The van der Waals surface area contributed by atoms with E-state index in [-0.39, 0.29) is 35.5 Å². The van der Waals surface area contributed by atoms with Crippen LogP contribution in [-0.2, 0) is 14.3 Å². The van der Waals surface area contributed by atoms with Gasteiger partial charge >= 0.3 is 5.97 Å². The van der Waals surface area contributed by atoms with E-state index in [2.05, 4.69) is 17.3 Å². The summed E-state index contributed by atoms with van der Waals surface area (Å²) in [6.07, 6.45) is 6.82. The second kappa shape index (κ2) is 7.02. The lowest BCUT2D eigenvalue weighted by molar-refractivity contribution is -0.140. The zero-order chi connectivity index (χ0) is 22.0. The van der Waals surface area contributed by atoms with Crippen molar-refractivity contribution in [1.29, 1.82) is 0 Å². The maximum atomic E-state index is 13.0. The third-order valence-corrected chi connectivity index (χ3v) is 7.22. The zero-order valence-electron chi connectivity index (χ0n) is 17.5. The van der Waals surface area contributed by atoms with Gasteiger partial charge in [0.05, 0.1) is 30.2 Å². The highest BCUT2D eigenvalue weighted by Crippen LogP contribution is 2.65. The van der Waals surface area contributed by atoms with Gasteiger partial charge in [-0.05, 0) is 61.3 Å². The molecule has 7 rings (SSSR count). The number of hydrazone groups is 1. The molecule has 0 N–H and O–H groups in total. The summed E-state index contributed by atoms with van der Waals surface area (Å²) in [6.45, 7) is 2.06. The van der Waals surface area contributed by atoms with Crippen LogP contribution in [0, 0.1) is 35.5 Å². The fraction of sp³-hybridized carbons (Fsp3) is 0.360. The molecule has 32 heavy (non-hydrogen) atoms. The van der Waals surface area contributed by atoms with Crippen LogP contribution >= 0.6 is 0 Å². The first-order chi connectivity index (χ1) is 15.6. The van der Waals surface area contributed by atoms with Gasteiger partial charge in [0.2, 0.25) is 0 Å². The number of hydrogen-bond acceptors (Lipinski definition) is 6. The molecule has 0 radical (unpaired) electrons. The average molecular weight is 430 g/mol. The van der Waals surface area contributed by atoms with E-state index in [1.54, 1.807) is 37.3 Å². The minimum Gasteiger partial charge on any atom is -0.462 e. The topological polar surface area (TPSA) is 89.2 Å². The number of hydrogen-bond donors (Lipinski definition) is 0. The third-order valence-electron chi connectivity index (χ3n) is 7.22. The van der Waals surface area contributed by atoms with E-state index in [1.165, 1.54) is 6.21 Å². The van der Waals surface area contributed by atoms with Crippen LogP contribution < -0.4 is 0 Å². The molecule has 2 saturated carbocycles. The predicted octanol–water partition coefficient (Wildman–Crippen LogP) is 3.51. The molecular formula is C25H22N2O5. The molecule has 0 spiro atoms. The minimum absolute atomic E-state index is 0.175. The number of ether oxygens (including phenoxy) is 1. The Bertz CT molecular complexity index is 1160. The average Bonchev–Trinajstić information content (AvgIpc) is 3.44. The molecule has 2 bridgehead atoms. The van der Waals surface area contributed by atoms with E-state index >= 15 is 0 Å². The van der Waals surface area contributed by atoms with Gasteiger partial charge in [0.15, 0.2) is 0 Å². The van der Waals surface area contributed by atoms with E-state index < -0.39 is 5.97 Å². The largest absolute Gasteiger partial charge is 0.462 e. The van der Waals surface area contributed by atoms with Crippen LogP contribution in [-0.4, -0.2) is 35.6 Å².